The van der Waals surface area contributed by atoms with Crippen LogP contribution in [0.1, 0.15) is 11.6 Å². The number of nitrogens with zero attached hydrogens (tertiary/aromatic N) is 4. The quantitative estimate of drug-likeness (QED) is 0.881. The summed E-state index contributed by atoms with van der Waals surface area (Å²) in [6, 6.07) is 7.40. The van der Waals surface area contributed by atoms with E-state index in [0.29, 0.717) is 18.1 Å². The molecule has 1 aromatic heterocycles. The summed E-state index contributed by atoms with van der Waals surface area (Å²) in [4.78, 5) is 26.3. The number of piperazine rings is 1. The van der Waals surface area contributed by atoms with Crippen LogP contribution in [0, 0.1) is 0 Å². The Hall–Kier alpha value is -2.12. The number of aromatic nitrogens is 3. The molecule has 0 saturated carbocycles. The van der Waals surface area contributed by atoms with Crippen molar-refractivity contribution in [3.05, 3.63) is 51.7 Å². The fourth-order valence-electron chi connectivity index (χ4n) is 2.76. The van der Waals surface area contributed by atoms with Crippen LogP contribution in [0.2, 0.25) is 5.02 Å². The molecule has 1 N–H and O–H groups in total. The van der Waals surface area contributed by atoms with Crippen molar-refractivity contribution in [1.82, 2.24) is 24.6 Å². The van der Waals surface area contributed by atoms with Gasteiger partial charge >= 0.3 is 5.69 Å². The number of halogens is 1. The summed E-state index contributed by atoms with van der Waals surface area (Å²) in [5.74, 6) is -0.128. The number of carbonyl (C=O) groups excluding carboxylic acids is 1. The molecular weight excluding hydrogens is 318 g/mol. The molecule has 7 nitrogen and oxygen atoms in total. The van der Waals surface area contributed by atoms with Gasteiger partial charge < -0.3 is 10.2 Å². The van der Waals surface area contributed by atoms with E-state index < -0.39 is 0 Å². The van der Waals surface area contributed by atoms with Crippen molar-refractivity contribution in [3.63, 3.8) is 0 Å². The Balaban J connectivity index is 1.82. The van der Waals surface area contributed by atoms with Gasteiger partial charge in [-0.1, -0.05) is 23.7 Å². The van der Waals surface area contributed by atoms with E-state index >= 15 is 0 Å². The van der Waals surface area contributed by atoms with Crippen LogP contribution in [-0.4, -0.2) is 44.8 Å². The van der Waals surface area contributed by atoms with E-state index in [4.69, 9.17) is 11.6 Å². The molecule has 1 atom stereocenters. The van der Waals surface area contributed by atoms with Crippen molar-refractivity contribution in [2.45, 2.75) is 12.6 Å². The predicted octanol–water partition coefficient (Wildman–Crippen LogP) is 0.408. The number of hydrogen-bond donors (Lipinski definition) is 1. The number of amides is 1. The van der Waals surface area contributed by atoms with Gasteiger partial charge in [-0.15, -0.1) is 0 Å². The van der Waals surface area contributed by atoms with Crippen molar-refractivity contribution in [2.24, 2.45) is 7.05 Å². The maximum atomic E-state index is 12.7. The summed E-state index contributed by atoms with van der Waals surface area (Å²) in [5.41, 5.74) is 0.680. The molecule has 1 unspecified atom stereocenters. The van der Waals surface area contributed by atoms with Crippen LogP contribution in [0.5, 0.6) is 0 Å². The lowest BCUT2D eigenvalue weighted by Crippen LogP contribution is -2.50. The summed E-state index contributed by atoms with van der Waals surface area (Å²) in [6.07, 6.45) is 1.40. The van der Waals surface area contributed by atoms with Gasteiger partial charge in [-0.2, -0.15) is 5.10 Å². The first-order valence-corrected chi connectivity index (χ1v) is 7.78. The average Bonchev–Trinajstić information content (AvgIpc) is 2.87. The SMILES string of the molecule is Cn1cnn(CC(=O)N2CCNCC2c2cccc(Cl)c2)c1=O. The second-order valence-electron chi connectivity index (χ2n) is 5.54. The Labute approximate surface area is 138 Å². The van der Waals surface area contributed by atoms with Gasteiger partial charge in [0.25, 0.3) is 0 Å². The summed E-state index contributed by atoms with van der Waals surface area (Å²) in [5, 5.41) is 7.88. The van der Waals surface area contributed by atoms with E-state index in [9.17, 15) is 9.59 Å². The first kappa shape index (κ1) is 15.8. The molecule has 1 saturated heterocycles. The number of aryl methyl sites for hydroxylation is 1. The lowest BCUT2D eigenvalue weighted by Gasteiger charge is -2.36. The van der Waals surface area contributed by atoms with Gasteiger partial charge in [0.05, 0.1) is 6.04 Å². The van der Waals surface area contributed by atoms with Crippen LogP contribution >= 0.6 is 11.6 Å². The minimum atomic E-state index is -0.298. The molecule has 1 aromatic carbocycles. The van der Waals surface area contributed by atoms with E-state index in [1.807, 2.05) is 18.2 Å². The van der Waals surface area contributed by atoms with Gasteiger partial charge in [0.2, 0.25) is 5.91 Å². The van der Waals surface area contributed by atoms with Crippen LogP contribution in [0.3, 0.4) is 0 Å². The summed E-state index contributed by atoms with van der Waals surface area (Å²) >= 11 is 6.06. The second-order valence-corrected chi connectivity index (χ2v) is 5.98. The third kappa shape index (κ3) is 3.30. The van der Waals surface area contributed by atoms with Crippen molar-refractivity contribution in [3.8, 4) is 0 Å². The fraction of sp³-hybridized carbons (Fsp3) is 0.400. The maximum Gasteiger partial charge on any atom is 0.345 e. The Morgan fingerprint density at radius 3 is 3.00 bits per heavy atom. The molecular formula is C15H18ClN5O2. The maximum absolute atomic E-state index is 12.7. The third-order valence-corrected chi connectivity index (χ3v) is 4.20. The largest absolute Gasteiger partial charge is 0.345 e. The topological polar surface area (TPSA) is 72.2 Å². The molecule has 0 bridgehead atoms. The number of hydrogen-bond acceptors (Lipinski definition) is 4. The smallest absolute Gasteiger partial charge is 0.331 e. The van der Waals surface area contributed by atoms with E-state index in [0.717, 1.165) is 12.1 Å². The van der Waals surface area contributed by atoms with Crippen LogP contribution < -0.4 is 11.0 Å². The molecule has 0 spiro atoms. The van der Waals surface area contributed by atoms with Crippen LogP contribution in [0.15, 0.2) is 35.4 Å². The molecule has 3 rings (SSSR count). The number of nitrogens with one attached hydrogen (secondary N) is 1. The first-order valence-electron chi connectivity index (χ1n) is 7.40. The standard InChI is InChI=1S/C15H18ClN5O2/c1-19-10-18-21(15(19)23)9-14(22)20-6-5-17-8-13(20)11-3-2-4-12(16)7-11/h2-4,7,10,13,17H,5-6,8-9H2,1H3. The lowest BCUT2D eigenvalue weighted by molar-refractivity contribution is -0.135. The number of carbonyl (C=O) groups is 1. The zero-order chi connectivity index (χ0) is 16.4. The molecule has 8 heteroatoms. The summed E-state index contributed by atoms with van der Waals surface area (Å²) < 4.78 is 2.53. The van der Waals surface area contributed by atoms with E-state index in [1.165, 1.54) is 15.6 Å². The number of rotatable bonds is 3. The van der Waals surface area contributed by atoms with E-state index in [-0.39, 0.29) is 24.2 Å². The van der Waals surface area contributed by atoms with Crippen molar-refractivity contribution in [1.29, 1.82) is 0 Å². The Morgan fingerprint density at radius 2 is 2.30 bits per heavy atom. The van der Waals surface area contributed by atoms with Crippen LogP contribution in [0.4, 0.5) is 0 Å². The molecule has 0 radical (unpaired) electrons. The first-order chi connectivity index (χ1) is 11.1. The molecule has 2 aromatic rings. The zero-order valence-electron chi connectivity index (χ0n) is 12.8. The van der Waals surface area contributed by atoms with E-state index in [2.05, 4.69) is 10.4 Å². The summed E-state index contributed by atoms with van der Waals surface area (Å²) in [7, 11) is 1.61. The second kappa shape index (κ2) is 6.55. The molecule has 1 fully saturated rings. The zero-order valence-corrected chi connectivity index (χ0v) is 13.5. The summed E-state index contributed by atoms with van der Waals surface area (Å²) in [6.45, 7) is 1.90. The highest BCUT2D eigenvalue weighted by molar-refractivity contribution is 6.30. The number of benzene rings is 1. The Kier molecular flexibility index (Phi) is 4.49. The minimum absolute atomic E-state index is 0.0588. The highest BCUT2D eigenvalue weighted by atomic mass is 35.5. The van der Waals surface area contributed by atoms with Crippen LogP contribution in [-0.2, 0) is 18.4 Å². The fourth-order valence-corrected chi connectivity index (χ4v) is 2.96. The third-order valence-electron chi connectivity index (χ3n) is 3.97. The molecule has 23 heavy (non-hydrogen) atoms. The monoisotopic (exact) mass is 335 g/mol. The highest BCUT2D eigenvalue weighted by Gasteiger charge is 2.28. The molecule has 122 valence electrons. The van der Waals surface area contributed by atoms with Gasteiger partial charge in [0.15, 0.2) is 0 Å². The molecule has 1 aliphatic rings. The van der Waals surface area contributed by atoms with Gasteiger partial charge in [-0.3, -0.25) is 9.36 Å². The molecule has 1 amide bonds. The van der Waals surface area contributed by atoms with Gasteiger partial charge in [0, 0.05) is 31.7 Å². The Morgan fingerprint density at radius 1 is 1.48 bits per heavy atom. The van der Waals surface area contributed by atoms with Crippen molar-refractivity contribution >= 4 is 17.5 Å². The average molecular weight is 336 g/mol. The van der Waals surface area contributed by atoms with Gasteiger partial charge in [-0.25, -0.2) is 9.48 Å². The van der Waals surface area contributed by atoms with E-state index in [1.54, 1.807) is 18.0 Å². The molecule has 0 aliphatic carbocycles. The Bertz CT molecular complexity index is 769. The van der Waals surface area contributed by atoms with Crippen molar-refractivity contribution < 1.29 is 4.79 Å². The molecule has 1 aliphatic heterocycles. The van der Waals surface area contributed by atoms with Gasteiger partial charge in [-0.05, 0) is 17.7 Å². The normalized spacial score (nSPS) is 18.2. The molecule has 2 heterocycles. The minimum Gasteiger partial charge on any atom is -0.331 e. The highest BCUT2D eigenvalue weighted by Crippen LogP contribution is 2.24. The van der Waals surface area contributed by atoms with Gasteiger partial charge in [0.1, 0.15) is 12.9 Å². The van der Waals surface area contributed by atoms with Crippen molar-refractivity contribution in [2.75, 3.05) is 19.6 Å². The lowest BCUT2D eigenvalue weighted by atomic mass is 10.0. The van der Waals surface area contributed by atoms with Crippen LogP contribution in [0.25, 0.3) is 0 Å². The predicted molar refractivity (Wildman–Crippen MR) is 86.2 cm³/mol.